The molecule has 1 aliphatic rings. The molecule has 0 unspecified atom stereocenters. The summed E-state index contributed by atoms with van der Waals surface area (Å²) in [5, 5.41) is 24.5. The van der Waals surface area contributed by atoms with Gasteiger partial charge in [0, 0.05) is 37.4 Å². The predicted octanol–water partition coefficient (Wildman–Crippen LogP) is 3.21. The number of ether oxygens (including phenoxy) is 1. The largest absolute Gasteiger partial charge is 0.452 e. The molecule has 2 aromatic rings. The van der Waals surface area contributed by atoms with Gasteiger partial charge in [0.25, 0.3) is 17.3 Å². The minimum absolute atomic E-state index is 0.00966. The Morgan fingerprint density at radius 3 is 2.29 bits per heavy atom. The maximum atomic E-state index is 12.6. The third kappa shape index (κ3) is 5.13. The molecule has 1 aliphatic heterocycles. The highest BCUT2D eigenvalue weighted by Crippen LogP contribution is 2.29. The highest BCUT2D eigenvalue weighted by atomic mass is 16.6. The van der Waals surface area contributed by atoms with Crippen LogP contribution in [-0.4, -0.2) is 41.4 Å². The molecule has 31 heavy (non-hydrogen) atoms. The number of nitro groups is 2. The fourth-order valence-electron chi connectivity index (χ4n) is 3.29. The van der Waals surface area contributed by atoms with Gasteiger partial charge in [-0.3, -0.25) is 25.0 Å². The van der Waals surface area contributed by atoms with E-state index < -0.39 is 28.3 Å². The SMILES string of the molecule is Cc1ccc([N+](=O)[O-])cc1NC(=O)COC(=O)c1cc([N+](=O)[O-])ccc1N1CCCC1. The Morgan fingerprint density at radius 2 is 1.65 bits per heavy atom. The Balaban J connectivity index is 1.72. The molecule has 11 nitrogen and oxygen atoms in total. The van der Waals surface area contributed by atoms with Crippen molar-refractivity contribution in [3.63, 3.8) is 0 Å². The molecule has 11 heteroatoms. The maximum Gasteiger partial charge on any atom is 0.341 e. The first-order valence-corrected chi connectivity index (χ1v) is 9.51. The third-order valence-electron chi connectivity index (χ3n) is 4.90. The van der Waals surface area contributed by atoms with Crippen LogP contribution in [0.3, 0.4) is 0 Å². The van der Waals surface area contributed by atoms with Crippen LogP contribution in [0.1, 0.15) is 28.8 Å². The number of amides is 1. The van der Waals surface area contributed by atoms with Crippen molar-refractivity contribution in [2.75, 3.05) is 29.9 Å². The zero-order chi connectivity index (χ0) is 22.5. The maximum absolute atomic E-state index is 12.6. The summed E-state index contributed by atoms with van der Waals surface area (Å²) in [7, 11) is 0. The number of nitrogens with zero attached hydrogens (tertiary/aromatic N) is 3. The summed E-state index contributed by atoms with van der Waals surface area (Å²) in [5.74, 6) is -1.55. The number of nitrogens with one attached hydrogen (secondary N) is 1. The van der Waals surface area contributed by atoms with E-state index in [2.05, 4.69) is 5.32 Å². The Morgan fingerprint density at radius 1 is 1.03 bits per heavy atom. The summed E-state index contributed by atoms with van der Waals surface area (Å²) in [6.45, 7) is 2.44. The zero-order valence-corrected chi connectivity index (χ0v) is 16.7. The molecule has 1 N–H and O–H groups in total. The van der Waals surface area contributed by atoms with Gasteiger partial charge in [-0.05, 0) is 31.4 Å². The summed E-state index contributed by atoms with van der Waals surface area (Å²) in [6, 6.07) is 7.98. The van der Waals surface area contributed by atoms with E-state index in [1.54, 1.807) is 6.92 Å². The molecule has 0 saturated carbocycles. The fraction of sp³-hybridized carbons (Fsp3) is 0.300. The van der Waals surface area contributed by atoms with Gasteiger partial charge in [0.1, 0.15) is 0 Å². The van der Waals surface area contributed by atoms with Gasteiger partial charge in [-0.15, -0.1) is 0 Å². The molecule has 0 bridgehead atoms. The van der Waals surface area contributed by atoms with Gasteiger partial charge in [0.05, 0.1) is 26.8 Å². The van der Waals surface area contributed by atoms with Crippen LogP contribution in [-0.2, 0) is 9.53 Å². The van der Waals surface area contributed by atoms with Crippen molar-refractivity contribution in [1.29, 1.82) is 0 Å². The number of benzene rings is 2. The summed E-state index contributed by atoms with van der Waals surface area (Å²) in [6.07, 6.45) is 1.88. The van der Waals surface area contributed by atoms with Crippen molar-refractivity contribution >= 4 is 34.6 Å². The lowest BCUT2D eigenvalue weighted by atomic mass is 10.1. The van der Waals surface area contributed by atoms with E-state index in [-0.39, 0.29) is 22.6 Å². The molecule has 0 aliphatic carbocycles. The Hall–Kier alpha value is -4.02. The number of hydrogen-bond acceptors (Lipinski definition) is 8. The Bertz CT molecular complexity index is 1050. The number of non-ortho nitro benzene ring substituents is 2. The van der Waals surface area contributed by atoms with Gasteiger partial charge in [-0.25, -0.2) is 4.79 Å². The average Bonchev–Trinajstić information content (AvgIpc) is 3.27. The average molecular weight is 428 g/mol. The molecular formula is C20H20N4O7. The lowest BCUT2D eigenvalue weighted by molar-refractivity contribution is -0.385. The van der Waals surface area contributed by atoms with Crippen LogP contribution < -0.4 is 10.2 Å². The number of carbonyl (C=O) groups excluding carboxylic acids is 2. The van der Waals surface area contributed by atoms with E-state index >= 15 is 0 Å². The van der Waals surface area contributed by atoms with Gasteiger partial charge in [0.2, 0.25) is 0 Å². The second kappa shape index (κ2) is 9.20. The Kier molecular flexibility index (Phi) is 6.43. The van der Waals surface area contributed by atoms with E-state index in [4.69, 9.17) is 4.74 Å². The molecule has 1 saturated heterocycles. The van der Waals surface area contributed by atoms with Crippen LogP contribution in [0, 0.1) is 27.2 Å². The normalized spacial score (nSPS) is 13.0. The van der Waals surface area contributed by atoms with Crippen LogP contribution in [0.2, 0.25) is 0 Å². The Labute approximate surface area is 176 Å². The van der Waals surface area contributed by atoms with Crippen LogP contribution in [0.15, 0.2) is 36.4 Å². The molecule has 0 atom stereocenters. The molecule has 3 rings (SSSR count). The fourth-order valence-corrected chi connectivity index (χ4v) is 3.29. The van der Waals surface area contributed by atoms with Crippen molar-refractivity contribution in [1.82, 2.24) is 0 Å². The molecule has 1 heterocycles. The first-order valence-electron chi connectivity index (χ1n) is 9.51. The number of rotatable bonds is 7. The molecule has 0 aromatic heterocycles. The summed E-state index contributed by atoms with van der Waals surface area (Å²) < 4.78 is 5.08. The quantitative estimate of drug-likeness (QED) is 0.402. The highest BCUT2D eigenvalue weighted by molar-refractivity contribution is 5.99. The number of aryl methyl sites for hydroxylation is 1. The van der Waals surface area contributed by atoms with Gasteiger partial charge >= 0.3 is 5.97 Å². The zero-order valence-electron chi connectivity index (χ0n) is 16.7. The second-order valence-electron chi connectivity index (χ2n) is 7.03. The minimum atomic E-state index is -0.864. The van der Waals surface area contributed by atoms with Crippen molar-refractivity contribution in [2.45, 2.75) is 19.8 Å². The van der Waals surface area contributed by atoms with Crippen molar-refractivity contribution < 1.29 is 24.2 Å². The van der Waals surface area contributed by atoms with E-state index in [1.165, 1.54) is 30.3 Å². The molecule has 2 aromatic carbocycles. The van der Waals surface area contributed by atoms with Crippen LogP contribution >= 0.6 is 0 Å². The van der Waals surface area contributed by atoms with E-state index in [0.29, 0.717) is 24.3 Å². The van der Waals surface area contributed by atoms with E-state index in [1.807, 2.05) is 4.90 Å². The summed E-state index contributed by atoms with van der Waals surface area (Å²) >= 11 is 0. The minimum Gasteiger partial charge on any atom is -0.452 e. The van der Waals surface area contributed by atoms with E-state index in [0.717, 1.165) is 18.9 Å². The van der Waals surface area contributed by atoms with Gasteiger partial charge in [0.15, 0.2) is 6.61 Å². The van der Waals surface area contributed by atoms with Crippen molar-refractivity contribution in [2.24, 2.45) is 0 Å². The number of anilines is 2. The number of carbonyl (C=O) groups is 2. The van der Waals surface area contributed by atoms with Gasteiger partial charge in [-0.2, -0.15) is 0 Å². The molecular weight excluding hydrogens is 408 g/mol. The third-order valence-corrected chi connectivity index (χ3v) is 4.90. The molecule has 0 radical (unpaired) electrons. The lowest BCUT2D eigenvalue weighted by Crippen LogP contribution is -2.24. The van der Waals surface area contributed by atoms with Crippen LogP contribution in [0.4, 0.5) is 22.7 Å². The van der Waals surface area contributed by atoms with Crippen molar-refractivity contribution in [3.05, 3.63) is 67.8 Å². The topological polar surface area (TPSA) is 145 Å². The predicted molar refractivity (Wildman–Crippen MR) is 111 cm³/mol. The monoisotopic (exact) mass is 428 g/mol. The highest BCUT2D eigenvalue weighted by Gasteiger charge is 2.24. The first kappa shape index (κ1) is 21.7. The van der Waals surface area contributed by atoms with Crippen molar-refractivity contribution in [3.8, 4) is 0 Å². The number of hydrogen-bond donors (Lipinski definition) is 1. The summed E-state index contributed by atoms with van der Waals surface area (Å²) in [4.78, 5) is 47.6. The van der Waals surface area contributed by atoms with Crippen LogP contribution in [0.25, 0.3) is 0 Å². The molecule has 1 fully saturated rings. The number of esters is 1. The lowest BCUT2D eigenvalue weighted by Gasteiger charge is -2.20. The molecule has 1 amide bonds. The van der Waals surface area contributed by atoms with Gasteiger partial charge in [-0.1, -0.05) is 6.07 Å². The first-order chi connectivity index (χ1) is 14.8. The molecule has 0 spiro atoms. The smallest absolute Gasteiger partial charge is 0.341 e. The molecule has 162 valence electrons. The van der Waals surface area contributed by atoms with Crippen LogP contribution in [0.5, 0.6) is 0 Å². The number of nitro benzene ring substituents is 2. The van der Waals surface area contributed by atoms with E-state index in [9.17, 15) is 29.8 Å². The summed E-state index contributed by atoms with van der Waals surface area (Å²) in [5.41, 5.74) is 0.901. The van der Waals surface area contributed by atoms with Gasteiger partial charge < -0.3 is 15.0 Å². The standard InChI is InChI=1S/C20H20N4O7/c1-13-4-5-15(24(29)30)11-17(13)21-19(25)12-31-20(26)16-10-14(23(27)28)6-7-18(16)22-8-2-3-9-22/h4-7,10-11H,2-3,8-9,12H2,1H3,(H,21,25). The second-order valence-corrected chi connectivity index (χ2v) is 7.03.